The molecule has 4 amide bonds. The van der Waals surface area contributed by atoms with Gasteiger partial charge in [0, 0.05) is 51.3 Å². The Morgan fingerprint density at radius 1 is 0.933 bits per heavy atom. The molecule has 9 heteroatoms. The average molecular weight is 418 g/mol. The zero-order valence-corrected chi connectivity index (χ0v) is 17.6. The van der Waals surface area contributed by atoms with Crippen LogP contribution in [-0.2, 0) is 9.59 Å². The zero-order chi connectivity index (χ0) is 21.1. The fourth-order valence-corrected chi connectivity index (χ4v) is 4.73. The van der Waals surface area contributed by atoms with Gasteiger partial charge in [-0.15, -0.1) is 0 Å². The van der Waals surface area contributed by atoms with Crippen LogP contribution in [0.4, 0.5) is 10.6 Å². The van der Waals surface area contributed by atoms with E-state index in [4.69, 9.17) is 4.52 Å². The molecule has 1 N–H and O–H groups in total. The highest BCUT2D eigenvalue weighted by molar-refractivity contribution is 5.92. The number of piperidine rings is 2. The molecule has 0 aliphatic carbocycles. The van der Waals surface area contributed by atoms with Crippen molar-refractivity contribution in [1.82, 2.24) is 19.9 Å². The van der Waals surface area contributed by atoms with E-state index in [-0.39, 0.29) is 29.7 Å². The van der Waals surface area contributed by atoms with Crippen LogP contribution in [0.1, 0.15) is 44.3 Å². The normalized spacial score (nSPS) is 23.0. The molecule has 1 aromatic heterocycles. The molecule has 0 spiro atoms. The van der Waals surface area contributed by atoms with Crippen molar-refractivity contribution in [2.24, 2.45) is 11.8 Å². The number of nitrogens with one attached hydrogen (secondary N) is 1. The minimum atomic E-state index is -0.134. The first-order valence-corrected chi connectivity index (χ1v) is 11.1. The second kappa shape index (κ2) is 9.06. The maximum atomic E-state index is 13.1. The second-order valence-electron chi connectivity index (χ2n) is 8.67. The van der Waals surface area contributed by atoms with Gasteiger partial charge in [0.1, 0.15) is 5.76 Å². The highest BCUT2D eigenvalue weighted by Crippen LogP contribution is 2.25. The largest absolute Gasteiger partial charge is 0.360 e. The van der Waals surface area contributed by atoms with Gasteiger partial charge in [0.15, 0.2) is 5.82 Å². The van der Waals surface area contributed by atoms with Crippen LogP contribution in [0.3, 0.4) is 0 Å². The maximum Gasteiger partial charge on any atom is 0.320 e. The molecule has 0 bridgehead atoms. The molecular formula is C21H31N5O4. The monoisotopic (exact) mass is 417 g/mol. The summed E-state index contributed by atoms with van der Waals surface area (Å²) in [5.41, 5.74) is 0. The Bertz CT molecular complexity index is 780. The fourth-order valence-electron chi connectivity index (χ4n) is 4.73. The van der Waals surface area contributed by atoms with E-state index in [1.165, 1.54) is 0 Å². The van der Waals surface area contributed by atoms with Crippen LogP contribution in [-0.4, -0.2) is 77.0 Å². The zero-order valence-electron chi connectivity index (χ0n) is 17.6. The first-order chi connectivity index (χ1) is 14.5. The summed E-state index contributed by atoms with van der Waals surface area (Å²) in [6.07, 6.45) is 5.11. The van der Waals surface area contributed by atoms with Gasteiger partial charge in [0.2, 0.25) is 11.8 Å². The van der Waals surface area contributed by atoms with Crippen LogP contribution in [0.15, 0.2) is 10.6 Å². The Balaban J connectivity index is 1.26. The van der Waals surface area contributed by atoms with Crippen molar-refractivity contribution in [3.63, 3.8) is 0 Å². The predicted molar refractivity (Wildman–Crippen MR) is 110 cm³/mol. The van der Waals surface area contributed by atoms with Gasteiger partial charge in [0.05, 0.1) is 5.92 Å². The maximum absolute atomic E-state index is 13.1. The molecule has 30 heavy (non-hydrogen) atoms. The number of anilines is 1. The van der Waals surface area contributed by atoms with Crippen LogP contribution in [0.2, 0.25) is 0 Å². The van der Waals surface area contributed by atoms with Crippen LogP contribution >= 0.6 is 0 Å². The summed E-state index contributed by atoms with van der Waals surface area (Å²) in [4.78, 5) is 43.8. The molecule has 3 fully saturated rings. The number of hydrogen-bond acceptors (Lipinski definition) is 5. The van der Waals surface area contributed by atoms with Gasteiger partial charge < -0.3 is 24.5 Å². The molecule has 0 radical (unpaired) electrons. The van der Waals surface area contributed by atoms with Crippen molar-refractivity contribution in [3.05, 3.63) is 11.8 Å². The number of urea groups is 1. The Hall–Kier alpha value is -2.58. The van der Waals surface area contributed by atoms with E-state index in [9.17, 15) is 14.4 Å². The quantitative estimate of drug-likeness (QED) is 0.812. The summed E-state index contributed by atoms with van der Waals surface area (Å²) in [5.74, 6) is 0.867. The summed E-state index contributed by atoms with van der Waals surface area (Å²) in [5, 5.41) is 6.59. The van der Waals surface area contributed by atoms with E-state index in [2.05, 4.69) is 10.5 Å². The van der Waals surface area contributed by atoms with Crippen molar-refractivity contribution < 1.29 is 18.9 Å². The average Bonchev–Trinajstić information content (AvgIpc) is 3.45. The van der Waals surface area contributed by atoms with E-state index in [1.807, 2.05) is 14.7 Å². The van der Waals surface area contributed by atoms with Gasteiger partial charge in [-0.25, -0.2) is 4.79 Å². The molecule has 9 nitrogen and oxygen atoms in total. The number of nitrogens with zero attached hydrogens (tertiary/aromatic N) is 4. The number of carbonyl (C=O) groups excluding carboxylic acids is 3. The summed E-state index contributed by atoms with van der Waals surface area (Å²) < 4.78 is 4.98. The van der Waals surface area contributed by atoms with E-state index in [1.54, 1.807) is 13.0 Å². The Morgan fingerprint density at radius 2 is 1.63 bits per heavy atom. The Labute approximate surface area is 176 Å². The smallest absolute Gasteiger partial charge is 0.320 e. The summed E-state index contributed by atoms with van der Waals surface area (Å²) in [7, 11) is 0. The third-order valence-electron chi connectivity index (χ3n) is 6.47. The number of aryl methyl sites for hydroxylation is 1. The molecule has 0 aromatic carbocycles. The first-order valence-electron chi connectivity index (χ1n) is 11.1. The third kappa shape index (κ3) is 4.60. The van der Waals surface area contributed by atoms with E-state index >= 15 is 0 Å². The van der Waals surface area contributed by atoms with E-state index < -0.39 is 0 Å². The van der Waals surface area contributed by atoms with Gasteiger partial charge >= 0.3 is 6.03 Å². The standard InChI is InChI=1S/C21H31N5O4/c1-15-13-18(23-30-15)22-19(27)16-6-11-24(12-7-16)20(28)17-5-4-10-26(14-17)21(29)25-8-2-3-9-25/h13,16-17H,2-12,14H2,1H3,(H,22,23,27)/t17-/m0/s1. The van der Waals surface area contributed by atoms with Crippen molar-refractivity contribution in [2.75, 3.05) is 44.6 Å². The van der Waals surface area contributed by atoms with Gasteiger partial charge in [-0.2, -0.15) is 0 Å². The van der Waals surface area contributed by atoms with Gasteiger partial charge in [-0.05, 0) is 45.4 Å². The van der Waals surface area contributed by atoms with E-state index in [0.29, 0.717) is 44.1 Å². The number of aromatic nitrogens is 1. The minimum absolute atomic E-state index is 0.0737. The lowest BCUT2D eigenvalue weighted by atomic mass is 9.92. The van der Waals surface area contributed by atoms with Crippen LogP contribution in [0.25, 0.3) is 0 Å². The second-order valence-corrected chi connectivity index (χ2v) is 8.67. The number of amides is 4. The van der Waals surface area contributed by atoms with Gasteiger partial charge in [-0.1, -0.05) is 5.16 Å². The summed E-state index contributed by atoms with van der Waals surface area (Å²) >= 11 is 0. The molecule has 1 aromatic rings. The lowest BCUT2D eigenvalue weighted by molar-refractivity contribution is -0.139. The van der Waals surface area contributed by atoms with Gasteiger partial charge in [0.25, 0.3) is 0 Å². The fraction of sp³-hybridized carbons (Fsp3) is 0.714. The minimum Gasteiger partial charge on any atom is -0.360 e. The topological polar surface area (TPSA) is 99.0 Å². The first kappa shape index (κ1) is 20.7. The number of likely N-dealkylation sites (tertiary alicyclic amines) is 3. The molecular weight excluding hydrogens is 386 g/mol. The molecule has 1 atom stereocenters. The molecule has 164 valence electrons. The number of rotatable bonds is 3. The van der Waals surface area contributed by atoms with Gasteiger partial charge in [-0.3, -0.25) is 9.59 Å². The molecule has 3 saturated heterocycles. The highest BCUT2D eigenvalue weighted by atomic mass is 16.5. The van der Waals surface area contributed by atoms with Crippen molar-refractivity contribution in [3.8, 4) is 0 Å². The number of hydrogen-bond donors (Lipinski definition) is 1. The third-order valence-corrected chi connectivity index (χ3v) is 6.47. The number of carbonyl (C=O) groups is 3. The highest BCUT2D eigenvalue weighted by Gasteiger charge is 2.35. The lowest BCUT2D eigenvalue weighted by Crippen LogP contribution is -2.51. The van der Waals surface area contributed by atoms with Crippen LogP contribution in [0.5, 0.6) is 0 Å². The van der Waals surface area contributed by atoms with Crippen LogP contribution < -0.4 is 5.32 Å². The Kier molecular flexibility index (Phi) is 6.24. The lowest BCUT2D eigenvalue weighted by Gasteiger charge is -2.38. The molecule has 3 aliphatic heterocycles. The summed E-state index contributed by atoms with van der Waals surface area (Å²) in [6.45, 7) is 5.84. The van der Waals surface area contributed by atoms with Crippen molar-refractivity contribution in [2.45, 2.75) is 45.4 Å². The molecule has 3 aliphatic rings. The van der Waals surface area contributed by atoms with Crippen molar-refractivity contribution >= 4 is 23.7 Å². The molecule has 4 rings (SSSR count). The molecule has 4 heterocycles. The SMILES string of the molecule is Cc1cc(NC(=O)C2CCN(C(=O)[C@H]3CCCN(C(=O)N4CCCC4)C3)CC2)no1. The summed E-state index contributed by atoms with van der Waals surface area (Å²) in [6, 6.07) is 1.78. The molecule has 0 unspecified atom stereocenters. The van der Waals surface area contributed by atoms with E-state index in [0.717, 1.165) is 45.3 Å². The Morgan fingerprint density at radius 3 is 2.30 bits per heavy atom. The van der Waals surface area contributed by atoms with Crippen LogP contribution in [0, 0.1) is 18.8 Å². The predicted octanol–water partition coefficient (Wildman–Crippen LogP) is 2.09. The van der Waals surface area contributed by atoms with Crippen molar-refractivity contribution in [1.29, 1.82) is 0 Å². The molecule has 0 saturated carbocycles.